The van der Waals surface area contributed by atoms with Gasteiger partial charge in [-0.25, -0.2) is 12.8 Å². The van der Waals surface area contributed by atoms with Crippen molar-refractivity contribution in [3.05, 3.63) is 59.3 Å². The van der Waals surface area contributed by atoms with Gasteiger partial charge < -0.3 is 20.4 Å². The Balaban J connectivity index is 1.88. The minimum atomic E-state index is -3.26. The van der Waals surface area contributed by atoms with Gasteiger partial charge in [0.05, 0.1) is 25.1 Å². The summed E-state index contributed by atoms with van der Waals surface area (Å²) in [4.78, 5) is 15.9. The molecule has 28 heavy (non-hydrogen) atoms. The third-order valence-corrected chi connectivity index (χ3v) is 4.55. The molecule has 0 fully saturated rings. The lowest BCUT2D eigenvalue weighted by Crippen LogP contribution is -2.42. The average Bonchev–Trinajstić information content (AvgIpc) is 3.14. The van der Waals surface area contributed by atoms with E-state index in [0.717, 1.165) is 6.26 Å². The molecule has 1 heterocycles. The van der Waals surface area contributed by atoms with Gasteiger partial charge in [0.1, 0.15) is 11.6 Å². The van der Waals surface area contributed by atoms with Crippen molar-refractivity contribution in [2.24, 2.45) is 4.99 Å². The zero-order valence-corrected chi connectivity index (χ0v) is 16.5. The molecule has 0 atom stereocenters. The van der Waals surface area contributed by atoms with E-state index in [1.54, 1.807) is 12.1 Å². The minimum absolute atomic E-state index is 0.0280. The van der Waals surface area contributed by atoms with Crippen LogP contribution in [-0.2, 0) is 33.5 Å². The van der Waals surface area contributed by atoms with Gasteiger partial charge in [-0.15, -0.1) is 0 Å². The molecule has 0 aliphatic carbocycles. The second-order valence-corrected chi connectivity index (χ2v) is 8.26. The second-order valence-electron chi connectivity index (χ2n) is 6.12. The average molecular weight is 410 g/mol. The Hall–Kier alpha value is -2.88. The summed E-state index contributed by atoms with van der Waals surface area (Å²) < 4.78 is 41.8. The molecule has 2 aromatic rings. The van der Waals surface area contributed by atoms with Crippen LogP contribution < -0.4 is 16.0 Å². The third-order valence-electron chi connectivity index (χ3n) is 3.71. The third kappa shape index (κ3) is 7.39. The van der Waals surface area contributed by atoms with Gasteiger partial charge in [0.25, 0.3) is 0 Å². The number of amides is 1. The van der Waals surface area contributed by atoms with E-state index in [1.165, 1.54) is 31.5 Å². The van der Waals surface area contributed by atoms with Crippen LogP contribution in [0, 0.1) is 5.82 Å². The second kappa shape index (κ2) is 9.88. The van der Waals surface area contributed by atoms with Crippen LogP contribution >= 0.6 is 0 Å². The van der Waals surface area contributed by atoms with Crippen molar-refractivity contribution in [2.45, 2.75) is 18.8 Å². The Morgan fingerprint density at radius 2 is 1.93 bits per heavy atom. The van der Waals surface area contributed by atoms with Gasteiger partial charge in [-0.1, -0.05) is 6.07 Å². The summed E-state index contributed by atoms with van der Waals surface area (Å²) in [6.07, 6.45) is 2.64. The highest BCUT2D eigenvalue weighted by Crippen LogP contribution is 2.14. The smallest absolute Gasteiger partial charge is 0.239 e. The van der Waals surface area contributed by atoms with E-state index in [-0.39, 0.29) is 31.3 Å². The number of carbonyl (C=O) groups is 1. The predicted octanol–water partition coefficient (Wildman–Crippen LogP) is 0.945. The highest BCUT2D eigenvalue weighted by atomic mass is 32.2. The SMILES string of the molecule is CN=C(NCC(=O)NCc1ccco1)NCc1cc(F)ccc1CS(C)(=O)=O. The van der Waals surface area contributed by atoms with Gasteiger partial charge in [0.2, 0.25) is 5.91 Å². The molecule has 152 valence electrons. The van der Waals surface area contributed by atoms with Gasteiger partial charge in [-0.3, -0.25) is 9.79 Å². The van der Waals surface area contributed by atoms with Crippen LogP contribution in [-0.4, -0.2) is 40.1 Å². The lowest BCUT2D eigenvalue weighted by molar-refractivity contribution is -0.120. The molecule has 10 heteroatoms. The molecule has 2 rings (SSSR count). The number of hydrogen-bond donors (Lipinski definition) is 3. The fourth-order valence-corrected chi connectivity index (χ4v) is 3.25. The standard InChI is InChI=1S/C18H23FN4O4S/c1-20-18(23-11-17(24)21-10-16-4-3-7-27-16)22-9-14-8-15(19)6-5-13(14)12-28(2,25)26/h3-8H,9-12H2,1-2H3,(H,21,24)(H2,20,22,23). The number of halogens is 1. The number of benzene rings is 1. The topological polar surface area (TPSA) is 113 Å². The van der Waals surface area contributed by atoms with Gasteiger partial charge in [-0.2, -0.15) is 0 Å². The van der Waals surface area contributed by atoms with Gasteiger partial charge in [0, 0.05) is 19.8 Å². The molecule has 0 saturated heterocycles. The van der Waals surface area contributed by atoms with Crippen molar-refractivity contribution in [3.8, 4) is 0 Å². The first kappa shape index (κ1) is 21.4. The van der Waals surface area contributed by atoms with E-state index < -0.39 is 15.7 Å². The van der Waals surface area contributed by atoms with Crippen LogP contribution in [0.2, 0.25) is 0 Å². The summed E-state index contributed by atoms with van der Waals surface area (Å²) in [5.74, 6) is 0.0474. The lowest BCUT2D eigenvalue weighted by Gasteiger charge is -2.14. The Labute approximate surface area is 163 Å². The van der Waals surface area contributed by atoms with E-state index in [2.05, 4.69) is 20.9 Å². The molecule has 0 unspecified atom stereocenters. The first-order chi connectivity index (χ1) is 13.3. The fourth-order valence-electron chi connectivity index (χ4n) is 2.41. The highest BCUT2D eigenvalue weighted by molar-refractivity contribution is 7.89. The summed E-state index contributed by atoms with van der Waals surface area (Å²) in [7, 11) is -1.73. The lowest BCUT2D eigenvalue weighted by atomic mass is 10.1. The zero-order valence-electron chi connectivity index (χ0n) is 15.7. The maximum atomic E-state index is 13.6. The number of guanidine groups is 1. The molecule has 1 aromatic heterocycles. The number of rotatable bonds is 8. The largest absolute Gasteiger partial charge is 0.467 e. The number of aliphatic imine (C=N–C) groups is 1. The molecule has 0 radical (unpaired) electrons. The Bertz CT molecular complexity index is 927. The molecular weight excluding hydrogens is 387 g/mol. The molecule has 3 N–H and O–H groups in total. The number of carbonyl (C=O) groups excluding carboxylic acids is 1. The summed E-state index contributed by atoms with van der Waals surface area (Å²) in [6.45, 7) is 0.397. The molecule has 0 spiro atoms. The predicted molar refractivity (Wildman–Crippen MR) is 104 cm³/mol. The number of nitrogens with zero attached hydrogens (tertiary/aromatic N) is 1. The first-order valence-corrected chi connectivity index (χ1v) is 10.5. The monoisotopic (exact) mass is 410 g/mol. The van der Waals surface area contributed by atoms with E-state index in [0.29, 0.717) is 22.8 Å². The summed E-state index contributed by atoms with van der Waals surface area (Å²) in [5.41, 5.74) is 0.999. The van der Waals surface area contributed by atoms with Crippen LogP contribution in [0.15, 0.2) is 46.0 Å². The van der Waals surface area contributed by atoms with Gasteiger partial charge >= 0.3 is 0 Å². The number of furan rings is 1. The first-order valence-electron chi connectivity index (χ1n) is 8.45. The fraction of sp³-hybridized carbons (Fsp3) is 0.333. The maximum absolute atomic E-state index is 13.6. The van der Waals surface area contributed by atoms with E-state index in [4.69, 9.17) is 4.42 Å². The molecule has 1 amide bonds. The Kier molecular flexibility index (Phi) is 7.56. The van der Waals surface area contributed by atoms with Gasteiger partial charge in [0.15, 0.2) is 15.8 Å². The van der Waals surface area contributed by atoms with Crippen molar-refractivity contribution in [2.75, 3.05) is 19.8 Å². The van der Waals surface area contributed by atoms with Crippen molar-refractivity contribution in [1.29, 1.82) is 0 Å². The molecule has 0 aliphatic rings. The molecule has 1 aromatic carbocycles. The Morgan fingerprint density at radius 3 is 2.57 bits per heavy atom. The normalized spacial score (nSPS) is 11.9. The molecule has 0 saturated carbocycles. The summed E-state index contributed by atoms with van der Waals surface area (Å²) in [6, 6.07) is 7.43. The molecule has 0 aliphatic heterocycles. The Morgan fingerprint density at radius 1 is 1.14 bits per heavy atom. The van der Waals surface area contributed by atoms with Crippen LogP contribution in [0.3, 0.4) is 0 Å². The highest BCUT2D eigenvalue weighted by Gasteiger charge is 2.11. The van der Waals surface area contributed by atoms with Crippen LogP contribution in [0.5, 0.6) is 0 Å². The maximum Gasteiger partial charge on any atom is 0.239 e. The van der Waals surface area contributed by atoms with Crippen LogP contribution in [0.25, 0.3) is 0 Å². The van der Waals surface area contributed by atoms with E-state index in [9.17, 15) is 17.6 Å². The van der Waals surface area contributed by atoms with E-state index in [1.807, 2.05) is 0 Å². The van der Waals surface area contributed by atoms with Crippen LogP contribution in [0.4, 0.5) is 4.39 Å². The van der Waals surface area contributed by atoms with E-state index >= 15 is 0 Å². The van der Waals surface area contributed by atoms with Crippen LogP contribution in [0.1, 0.15) is 16.9 Å². The molecular formula is C18H23FN4O4S. The summed E-state index contributed by atoms with van der Waals surface area (Å²) in [5, 5.41) is 8.47. The molecule has 0 bridgehead atoms. The molecule has 8 nitrogen and oxygen atoms in total. The number of nitrogens with one attached hydrogen (secondary N) is 3. The van der Waals surface area contributed by atoms with Crippen molar-refractivity contribution in [3.63, 3.8) is 0 Å². The minimum Gasteiger partial charge on any atom is -0.467 e. The van der Waals surface area contributed by atoms with Crippen molar-refractivity contribution in [1.82, 2.24) is 16.0 Å². The quantitative estimate of drug-likeness (QED) is 0.441. The number of hydrogen-bond acceptors (Lipinski definition) is 5. The zero-order chi connectivity index (χ0) is 20.6. The van der Waals surface area contributed by atoms with Crippen molar-refractivity contribution >= 4 is 21.7 Å². The number of sulfone groups is 1. The van der Waals surface area contributed by atoms with Gasteiger partial charge in [-0.05, 0) is 35.4 Å². The van der Waals surface area contributed by atoms with Crippen molar-refractivity contribution < 1.29 is 22.0 Å². The summed E-state index contributed by atoms with van der Waals surface area (Å²) >= 11 is 0.